The van der Waals surface area contributed by atoms with Gasteiger partial charge in [-0.1, -0.05) is 36.0 Å². The molecule has 3 amide bonds. The highest BCUT2D eigenvalue weighted by molar-refractivity contribution is 8.18. The van der Waals surface area contributed by atoms with Crippen molar-refractivity contribution in [2.45, 2.75) is 11.9 Å². The number of nitrogens with one attached hydrogen (secondary N) is 1. The van der Waals surface area contributed by atoms with Gasteiger partial charge in [0.05, 0.1) is 21.2 Å². The van der Waals surface area contributed by atoms with Crippen LogP contribution in [0.1, 0.15) is 11.1 Å². The zero-order chi connectivity index (χ0) is 22.5. The van der Waals surface area contributed by atoms with Gasteiger partial charge in [0.15, 0.2) is 0 Å². The van der Waals surface area contributed by atoms with E-state index in [1.165, 1.54) is 11.8 Å². The summed E-state index contributed by atoms with van der Waals surface area (Å²) in [6.45, 7) is 2.34. The highest BCUT2D eigenvalue weighted by Crippen LogP contribution is 2.31. The van der Waals surface area contributed by atoms with Crippen molar-refractivity contribution in [1.29, 1.82) is 0 Å². The van der Waals surface area contributed by atoms with Crippen molar-refractivity contribution < 1.29 is 14.4 Å². The molecule has 4 rings (SSSR count). The smallest absolute Gasteiger partial charge is 0.293 e. The Labute approximate surface area is 193 Å². The summed E-state index contributed by atoms with van der Waals surface area (Å²) in [5.41, 5.74) is 2.76. The van der Waals surface area contributed by atoms with Crippen molar-refractivity contribution in [3.63, 3.8) is 0 Å². The summed E-state index contributed by atoms with van der Waals surface area (Å²) in [7, 11) is 0. The molecular formula is C23H20N4O3S2. The molecule has 0 spiro atoms. The van der Waals surface area contributed by atoms with E-state index in [0.717, 1.165) is 43.7 Å². The Morgan fingerprint density at radius 2 is 2.06 bits per heavy atom. The average Bonchev–Trinajstić information content (AvgIpc) is 3.06. The second kappa shape index (κ2) is 9.97. The molecule has 1 aliphatic rings. The number of carbonyl (C=O) groups excluding carboxylic acids is 3. The normalized spacial score (nSPS) is 15.0. The summed E-state index contributed by atoms with van der Waals surface area (Å²) in [5, 5.41) is 4.30. The van der Waals surface area contributed by atoms with E-state index in [4.69, 9.17) is 0 Å². The molecule has 0 bridgehead atoms. The number of amides is 3. The van der Waals surface area contributed by atoms with Crippen molar-refractivity contribution >= 4 is 57.6 Å². The fraction of sp³-hybridized carbons (Fsp3) is 0.174. The number of aromatic nitrogens is 2. The number of pyridine rings is 2. The van der Waals surface area contributed by atoms with Crippen molar-refractivity contribution in [3.05, 3.63) is 70.9 Å². The lowest BCUT2D eigenvalue weighted by atomic mass is 10.1. The molecule has 3 aromatic rings. The first kappa shape index (κ1) is 22.0. The molecule has 1 aromatic carbocycles. The minimum Gasteiger partial charge on any atom is -0.354 e. The van der Waals surface area contributed by atoms with E-state index in [1.807, 2.05) is 43.3 Å². The van der Waals surface area contributed by atoms with Crippen LogP contribution >= 0.6 is 23.5 Å². The SMILES string of the molecule is Cc1cc(SCC(=O)NCCN2C(=O)S/C(=C\c3cccnc3)C2=O)nc2ccccc12. The summed E-state index contributed by atoms with van der Waals surface area (Å²) >= 11 is 2.24. The van der Waals surface area contributed by atoms with Gasteiger partial charge in [0.2, 0.25) is 5.91 Å². The Kier molecular flexibility index (Phi) is 6.87. The molecule has 3 heterocycles. The van der Waals surface area contributed by atoms with Gasteiger partial charge in [-0.2, -0.15) is 0 Å². The third-order valence-electron chi connectivity index (χ3n) is 4.76. The molecule has 0 atom stereocenters. The molecule has 0 aliphatic carbocycles. The van der Waals surface area contributed by atoms with Gasteiger partial charge >= 0.3 is 0 Å². The molecule has 1 saturated heterocycles. The predicted octanol–water partition coefficient (Wildman–Crippen LogP) is 3.88. The van der Waals surface area contributed by atoms with E-state index >= 15 is 0 Å². The lowest BCUT2D eigenvalue weighted by molar-refractivity contribution is -0.123. The molecule has 0 radical (unpaired) electrons. The second-order valence-electron chi connectivity index (χ2n) is 7.05. The minimum absolute atomic E-state index is 0.124. The van der Waals surface area contributed by atoms with Gasteiger partial charge in [-0.05, 0) is 54.1 Å². The Balaban J connectivity index is 1.27. The van der Waals surface area contributed by atoms with Crippen LogP contribution < -0.4 is 5.32 Å². The van der Waals surface area contributed by atoms with Gasteiger partial charge in [0.25, 0.3) is 11.1 Å². The Hall–Kier alpha value is -3.17. The first-order chi connectivity index (χ1) is 15.5. The number of imide groups is 1. The standard InChI is InChI=1S/C23H20N4O3S2/c1-15-11-21(26-18-7-3-2-6-17(15)18)31-14-20(28)25-9-10-27-22(29)19(32-23(27)30)12-16-5-4-8-24-13-16/h2-8,11-13H,9-10,14H2,1H3,(H,25,28)/b19-12-. The molecule has 1 N–H and O–H groups in total. The fourth-order valence-electron chi connectivity index (χ4n) is 3.20. The molecule has 1 fully saturated rings. The van der Waals surface area contributed by atoms with Gasteiger partial charge in [0, 0.05) is 30.9 Å². The summed E-state index contributed by atoms with van der Waals surface area (Å²) in [6, 6.07) is 13.4. The summed E-state index contributed by atoms with van der Waals surface area (Å²) in [4.78, 5) is 47.0. The molecule has 162 valence electrons. The topological polar surface area (TPSA) is 92.3 Å². The van der Waals surface area contributed by atoms with Crippen LogP contribution in [-0.2, 0) is 9.59 Å². The first-order valence-corrected chi connectivity index (χ1v) is 11.7. The largest absolute Gasteiger partial charge is 0.354 e. The molecule has 0 unspecified atom stereocenters. The molecule has 1 aliphatic heterocycles. The zero-order valence-corrected chi connectivity index (χ0v) is 18.9. The van der Waals surface area contributed by atoms with E-state index in [9.17, 15) is 14.4 Å². The summed E-state index contributed by atoms with van der Waals surface area (Å²) in [5.74, 6) is -0.336. The molecule has 32 heavy (non-hydrogen) atoms. The number of hydrogen-bond donors (Lipinski definition) is 1. The van der Waals surface area contributed by atoms with Crippen LogP contribution in [0.4, 0.5) is 4.79 Å². The van der Waals surface area contributed by atoms with Crippen LogP contribution in [0, 0.1) is 6.92 Å². The first-order valence-electron chi connectivity index (χ1n) is 9.92. The number of para-hydroxylation sites is 1. The number of hydrogen-bond acceptors (Lipinski definition) is 7. The average molecular weight is 465 g/mol. The molecule has 7 nitrogen and oxygen atoms in total. The quantitative estimate of drug-likeness (QED) is 0.419. The van der Waals surface area contributed by atoms with Gasteiger partial charge in [0.1, 0.15) is 0 Å². The second-order valence-corrected chi connectivity index (χ2v) is 9.04. The van der Waals surface area contributed by atoms with Crippen LogP contribution in [0.25, 0.3) is 17.0 Å². The minimum atomic E-state index is -0.358. The Morgan fingerprint density at radius 1 is 1.22 bits per heavy atom. The third kappa shape index (κ3) is 5.17. The lowest BCUT2D eigenvalue weighted by Gasteiger charge is -2.13. The van der Waals surface area contributed by atoms with Gasteiger partial charge in [-0.25, -0.2) is 4.98 Å². The fourth-order valence-corrected chi connectivity index (χ4v) is 4.86. The van der Waals surface area contributed by atoms with Crippen LogP contribution in [-0.4, -0.2) is 50.8 Å². The number of benzene rings is 1. The van der Waals surface area contributed by atoms with Crippen LogP contribution in [0.3, 0.4) is 0 Å². The number of aryl methyl sites for hydroxylation is 1. The monoisotopic (exact) mass is 464 g/mol. The van der Waals surface area contributed by atoms with Gasteiger partial charge in [-0.3, -0.25) is 24.3 Å². The van der Waals surface area contributed by atoms with E-state index in [1.54, 1.807) is 24.5 Å². The number of nitrogens with zero attached hydrogens (tertiary/aromatic N) is 3. The van der Waals surface area contributed by atoms with Crippen LogP contribution in [0.15, 0.2) is 64.8 Å². The molecule has 0 saturated carbocycles. The number of thioether (sulfide) groups is 2. The van der Waals surface area contributed by atoms with Crippen molar-refractivity contribution in [1.82, 2.24) is 20.2 Å². The molecule has 9 heteroatoms. The summed E-state index contributed by atoms with van der Waals surface area (Å²) < 4.78 is 0. The highest BCUT2D eigenvalue weighted by Gasteiger charge is 2.34. The number of carbonyl (C=O) groups is 3. The maximum atomic E-state index is 12.5. The Morgan fingerprint density at radius 3 is 2.88 bits per heavy atom. The van der Waals surface area contributed by atoms with Crippen molar-refractivity contribution in [2.75, 3.05) is 18.8 Å². The Bertz CT molecular complexity index is 1210. The van der Waals surface area contributed by atoms with Gasteiger partial charge < -0.3 is 5.32 Å². The van der Waals surface area contributed by atoms with E-state index < -0.39 is 0 Å². The zero-order valence-electron chi connectivity index (χ0n) is 17.3. The van der Waals surface area contributed by atoms with Gasteiger partial charge in [-0.15, -0.1) is 0 Å². The third-order valence-corrected chi connectivity index (χ3v) is 6.58. The highest BCUT2D eigenvalue weighted by atomic mass is 32.2. The maximum absolute atomic E-state index is 12.5. The van der Waals surface area contributed by atoms with E-state index in [2.05, 4.69) is 15.3 Å². The summed E-state index contributed by atoms with van der Waals surface area (Å²) in [6.07, 6.45) is 4.91. The van der Waals surface area contributed by atoms with E-state index in [0.29, 0.717) is 4.91 Å². The lowest BCUT2D eigenvalue weighted by Crippen LogP contribution is -2.37. The van der Waals surface area contributed by atoms with Crippen molar-refractivity contribution in [2.24, 2.45) is 0 Å². The predicted molar refractivity (Wildman–Crippen MR) is 127 cm³/mol. The molecular weight excluding hydrogens is 444 g/mol. The molecule has 2 aromatic heterocycles. The number of rotatable bonds is 7. The van der Waals surface area contributed by atoms with Crippen molar-refractivity contribution in [3.8, 4) is 0 Å². The number of fused-ring (bicyclic) bond motifs is 1. The van der Waals surface area contributed by atoms with Crippen LogP contribution in [0.2, 0.25) is 0 Å². The van der Waals surface area contributed by atoms with E-state index in [-0.39, 0.29) is 35.9 Å². The van der Waals surface area contributed by atoms with Crippen LogP contribution in [0.5, 0.6) is 0 Å². The maximum Gasteiger partial charge on any atom is 0.293 e.